The van der Waals surface area contributed by atoms with E-state index in [4.69, 9.17) is 0 Å². The molecule has 2 aliphatic rings. The Morgan fingerprint density at radius 1 is 1.60 bits per heavy atom. The van der Waals surface area contributed by atoms with E-state index in [9.17, 15) is 9.59 Å². The van der Waals surface area contributed by atoms with E-state index in [2.05, 4.69) is 17.6 Å². The summed E-state index contributed by atoms with van der Waals surface area (Å²) < 4.78 is 0. The second-order valence-corrected chi connectivity index (χ2v) is 4.93. The Kier molecular flexibility index (Phi) is 3.16. The molecule has 2 aliphatic heterocycles. The Morgan fingerprint density at radius 3 is 3.00 bits per heavy atom. The van der Waals surface area contributed by atoms with Gasteiger partial charge in [0.1, 0.15) is 6.04 Å². The highest BCUT2D eigenvalue weighted by Crippen LogP contribution is 2.15. The molecule has 0 spiro atoms. The van der Waals surface area contributed by atoms with Gasteiger partial charge in [-0.15, -0.1) is 0 Å². The van der Waals surface area contributed by atoms with Crippen LogP contribution in [0.3, 0.4) is 0 Å². The molecule has 15 heavy (non-hydrogen) atoms. The lowest BCUT2D eigenvalue weighted by Crippen LogP contribution is -2.55. The normalized spacial score (nSPS) is 31.5. The summed E-state index contributed by atoms with van der Waals surface area (Å²) in [6.07, 6.45) is 0. The van der Waals surface area contributed by atoms with Gasteiger partial charge in [-0.2, -0.15) is 0 Å². The number of nitrogens with zero attached hydrogens (tertiary/aromatic N) is 1. The first-order valence-electron chi connectivity index (χ1n) is 5.12. The van der Waals surface area contributed by atoms with E-state index >= 15 is 0 Å². The first-order chi connectivity index (χ1) is 7.16. The molecule has 0 aliphatic carbocycles. The van der Waals surface area contributed by atoms with Gasteiger partial charge in [0.15, 0.2) is 0 Å². The van der Waals surface area contributed by atoms with Crippen molar-refractivity contribution in [3.05, 3.63) is 0 Å². The van der Waals surface area contributed by atoms with Gasteiger partial charge in [0.2, 0.25) is 5.91 Å². The van der Waals surface area contributed by atoms with Gasteiger partial charge in [-0.1, -0.05) is 11.8 Å². The third-order valence-electron chi connectivity index (χ3n) is 2.65. The van der Waals surface area contributed by atoms with Crippen LogP contribution in [0, 0.1) is 0 Å². The maximum Gasteiger partial charge on any atom is 0.279 e. The van der Waals surface area contributed by atoms with E-state index in [0.29, 0.717) is 11.8 Å². The van der Waals surface area contributed by atoms with Crippen LogP contribution in [-0.2, 0) is 4.79 Å². The van der Waals surface area contributed by atoms with Crippen molar-refractivity contribution < 1.29 is 9.59 Å². The van der Waals surface area contributed by atoms with E-state index in [1.165, 1.54) is 11.8 Å². The summed E-state index contributed by atoms with van der Waals surface area (Å²) >= 11 is 1.19. The van der Waals surface area contributed by atoms with Gasteiger partial charge < -0.3 is 15.5 Å². The van der Waals surface area contributed by atoms with Crippen molar-refractivity contribution in [3.8, 4) is 0 Å². The molecule has 0 aromatic rings. The number of nitrogens with one attached hydrogen (secondary N) is 2. The van der Waals surface area contributed by atoms with E-state index in [0.717, 1.165) is 19.6 Å². The van der Waals surface area contributed by atoms with Crippen molar-refractivity contribution in [3.63, 3.8) is 0 Å². The van der Waals surface area contributed by atoms with E-state index in [-0.39, 0.29) is 17.2 Å². The van der Waals surface area contributed by atoms with Crippen molar-refractivity contribution in [1.82, 2.24) is 15.5 Å². The molecular weight excluding hydrogens is 214 g/mol. The molecule has 2 atom stereocenters. The Balaban J connectivity index is 1.92. The van der Waals surface area contributed by atoms with Crippen LogP contribution in [0.1, 0.15) is 6.92 Å². The number of piperazine rings is 1. The van der Waals surface area contributed by atoms with Crippen molar-refractivity contribution in [1.29, 1.82) is 0 Å². The summed E-state index contributed by atoms with van der Waals surface area (Å²) in [4.78, 5) is 24.8. The van der Waals surface area contributed by atoms with Crippen LogP contribution in [-0.4, -0.2) is 53.5 Å². The molecule has 2 saturated heterocycles. The summed E-state index contributed by atoms with van der Waals surface area (Å²) in [5.41, 5.74) is 0. The average Bonchev–Trinajstić information content (AvgIpc) is 2.64. The molecule has 0 bridgehead atoms. The molecule has 2 fully saturated rings. The highest BCUT2D eigenvalue weighted by Gasteiger charge is 2.32. The number of hydrogen-bond donors (Lipinski definition) is 2. The number of carbonyl (C=O) groups is 2. The molecule has 1 unspecified atom stereocenters. The lowest BCUT2D eigenvalue weighted by Gasteiger charge is -2.33. The van der Waals surface area contributed by atoms with Crippen molar-refractivity contribution >= 4 is 22.9 Å². The third-order valence-corrected chi connectivity index (χ3v) is 3.53. The molecule has 84 valence electrons. The van der Waals surface area contributed by atoms with Gasteiger partial charge in [-0.05, 0) is 6.92 Å². The lowest BCUT2D eigenvalue weighted by molar-refractivity contribution is -0.133. The van der Waals surface area contributed by atoms with Crippen molar-refractivity contribution in [2.75, 3.05) is 25.4 Å². The van der Waals surface area contributed by atoms with E-state index in [1.807, 2.05) is 4.90 Å². The fourth-order valence-corrected chi connectivity index (χ4v) is 2.64. The molecule has 2 rings (SSSR count). The minimum atomic E-state index is -0.312. The molecular formula is C9H15N3O2S. The standard InChI is InChI=1S/C9H15N3O2S/c1-6-4-12(3-2-10-6)8(13)7-5-15-9(14)11-7/h6-7,10H,2-5H2,1H3,(H,11,14)/t6?,7-/m0/s1. The zero-order valence-corrected chi connectivity index (χ0v) is 9.47. The Hall–Kier alpha value is -0.750. The minimum Gasteiger partial charge on any atom is -0.338 e. The van der Waals surface area contributed by atoms with E-state index < -0.39 is 0 Å². The predicted molar refractivity (Wildman–Crippen MR) is 58.8 cm³/mol. The zero-order chi connectivity index (χ0) is 10.8. The van der Waals surface area contributed by atoms with Crippen molar-refractivity contribution in [2.24, 2.45) is 0 Å². The molecule has 0 saturated carbocycles. The maximum absolute atomic E-state index is 12.0. The molecule has 0 radical (unpaired) electrons. The SMILES string of the molecule is CC1CN(C(=O)[C@@H]2CSC(=O)N2)CCN1. The average molecular weight is 229 g/mol. The molecule has 0 aromatic carbocycles. The van der Waals surface area contributed by atoms with Gasteiger partial charge in [0.25, 0.3) is 5.24 Å². The quantitative estimate of drug-likeness (QED) is 0.644. The highest BCUT2D eigenvalue weighted by atomic mass is 32.2. The molecule has 2 N–H and O–H groups in total. The topological polar surface area (TPSA) is 61.4 Å². The zero-order valence-electron chi connectivity index (χ0n) is 8.66. The Morgan fingerprint density at radius 2 is 2.40 bits per heavy atom. The van der Waals surface area contributed by atoms with Crippen LogP contribution >= 0.6 is 11.8 Å². The first-order valence-corrected chi connectivity index (χ1v) is 6.11. The van der Waals surface area contributed by atoms with Gasteiger partial charge >= 0.3 is 0 Å². The number of carbonyl (C=O) groups excluding carboxylic acids is 2. The van der Waals surface area contributed by atoms with E-state index in [1.54, 1.807) is 0 Å². The van der Waals surface area contributed by atoms with Crippen LogP contribution < -0.4 is 10.6 Å². The Labute approximate surface area is 93.0 Å². The molecule has 6 heteroatoms. The number of thioether (sulfide) groups is 1. The summed E-state index contributed by atoms with van der Waals surface area (Å²) in [6.45, 7) is 4.36. The number of rotatable bonds is 1. The van der Waals surface area contributed by atoms with Crippen molar-refractivity contribution in [2.45, 2.75) is 19.0 Å². The molecule has 0 aromatic heterocycles. The maximum atomic E-state index is 12.0. The van der Waals surface area contributed by atoms with Crippen LogP contribution in [0.4, 0.5) is 4.79 Å². The second-order valence-electron chi connectivity index (χ2n) is 3.93. The van der Waals surface area contributed by atoms with Gasteiger partial charge in [0.05, 0.1) is 0 Å². The molecule has 5 nitrogen and oxygen atoms in total. The smallest absolute Gasteiger partial charge is 0.279 e. The van der Waals surface area contributed by atoms with Crippen LogP contribution in [0.25, 0.3) is 0 Å². The van der Waals surface area contributed by atoms with Crippen LogP contribution in [0.15, 0.2) is 0 Å². The Bertz CT molecular complexity index is 285. The van der Waals surface area contributed by atoms with Crippen LogP contribution in [0.2, 0.25) is 0 Å². The van der Waals surface area contributed by atoms with Gasteiger partial charge in [-0.25, -0.2) is 0 Å². The number of amides is 2. The minimum absolute atomic E-state index is 0.0571. The number of hydrogen-bond acceptors (Lipinski definition) is 4. The fourth-order valence-electron chi connectivity index (χ4n) is 1.87. The first kappa shape index (κ1) is 10.8. The summed E-state index contributed by atoms with van der Waals surface area (Å²) in [6, 6.07) is 0.0280. The third kappa shape index (κ3) is 2.43. The predicted octanol–water partition coefficient (Wildman–Crippen LogP) is -0.368. The van der Waals surface area contributed by atoms with Gasteiger partial charge in [0, 0.05) is 31.4 Å². The summed E-state index contributed by atoms with van der Waals surface area (Å²) in [5.74, 6) is 0.623. The van der Waals surface area contributed by atoms with Gasteiger partial charge in [-0.3, -0.25) is 9.59 Å². The second kappa shape index (κ2) is 4.40. The summed E-state index contributed by atoms with van der Waals surface area (Å²) in [7, 11) is 0. The monoisotopic (exact) mass is 229 g/mol. The fraction of sp³-hybridized carbons (Fsp3) is 0.778. The molecule has 2 heterocycles. The van der Waals surface area contributed by atoms with Crippen LogP contribution in [0.5, 0.6) is 0 Å². The highest BCUT2D eigenvalue weighted by molar-refractivity contribution is 8.14. The largest absolute Gasteiger partial charge is 0.338 e. The lowest BCUT2D eigenvalue weighted by atomic mass is 10.2. The molecule has 2 amide bonds. The summed E-state index contributed by atoms with van der Waals surface area (Å²) in [5, 5.41) is 5.87.